The van der Waals surface area contributed by atoms with Crippen molar-refractivity contribution >= 4 is 5.78 Å². The molecule has 88 valence electrons. The maximum absolute atomic E-state index is 11.3. The van der Waals surface area contributed by atoms with E-state index in [1.165, 1.54) is 0 Å². The zero-order valence-electron chi connectivity index (χ0n) is 8.91. The molecule has 1 fully saturated rings. The van der Waals surface area contributed by atoms with E-state index in [0.29, 0.717) is 0 Å². The quantitative estimate of drug-likeness (QED) is 0.330. The number of ketones is 1. The summed E-state index contributed by atoms with van der Waals surface area (Å²) < 4.78 is 11.6. The number of carbonyl (C=O) groups is 1. The molecule has 1 aliphatic heterocycles. The third kappa shape index (κ3) is 1.89. The van der Waals surface area contributed by atoms with Crippen LogP contribution in [0.4, 0.5) is 0 Å². The van der Waals surface area contributed by atoms with E-state index >= 15 is 0 Å². The van der Waals surface area contributed by atoms with E-state index in [1.807, 2.05) is 0 Å². The van der Waals surface area contributed by atoms with E-state index in [4.69, 9.17) is 16.9 Å². The Hall–Kier alpha value is -0.570. The van der Waals surface area contributed by atoms with E-state index in [1.54, 1.807) is 0 Å². The number of rotatable bonds is 2. The first-order chi connectivity index (χ1) is 7.38. The Morgan fingerprint density at radius 2 is 2.20 bits per heavy atom. The minimum absolute atomic E-state index is 0.696. The van der Waals surface area contributed by atoms with E-state index < -0.39 is 49.4 Å². The number of ether oxygens (including phenoxy) is 1. The lowest BCUT2D eigenvalue weighted by atomic mass is 9.89. The van der Waals surface area contributed by atoms with Crippen LogP contribution in [-0.4, -0.2) is 63.0 Å². The van der Waals surface area contributed by atoms with Crippen LogP contribution in [0, 0.1) is 0 Å². The largest absolute Gasteiger partial charge is 0.394 e. The Morgan fingerprint density at radius 1 is 1.60 bits per heavy atom. The standard InChI is InChI=1S/C8H15NO6/c1-3(11)8(14)7(9)6(13)5(12)4(2-10)15-8/h4-7,10,12-14H,2,9H2,1H3/t4-,5-,6+,7+,8?/m1/s1/i1D. The fraction of sp³-hybridized carbons (Fsp3) is 0.875. The molecule has 0 radical (unpaired) electrons. The Morgan fingerprint density at radius 3 is 2.67 bits per heavy atom. The van der Waals surface area contributed by atoms with Crippen LogP contribution in [0.15, 0.2) is 0 Å². The monoisotopic (exact) mass is 222 g/mol. The van der Waals surface area contributed by atoms with Crippen molar-refractivity contribution in [2.24, 2.45) is 5.73 Å². The van der Waals surface area contributed by atoms with Crippen LogP contribution in [0.5, 0.6) is 0 Å². The summed E-state index contributed by atoms with van der Waals surface area (Å²) in [6, 6.07) is -1.57. The second kappa shape index (κ2) is 4.12. The third-order valence-corrected chi connectivity index (χ3v) is 2.46. The van der Waals surface area contributed by atoms with Crippen LogP contribution in [0.1, 0.15) is 8.27 Å². The van der Waals surface area contributed by atoms with Crippen molar-refractivity contribution in [2.75, 3.05) is 6.61 Å². The minimum atomic E-state index is -2.55. The average molecular weight is 222 g/mol. The molecule has 1 saturated heterocycles. The molecule has 0 aliphatic carbocycles. The van der Waals surface area contributed by atoms with Crippen LogP contribution in [0.25, 0.3) is 0 Å². The molecular weight excluding hydrogens is 206 g/mol. The van der Waals surface area contributed by atoms with Gasteiger partial charge in [0.15, 0.2) is 5.78 Å². The fourth-order valence-corrected chi connectivity index (χ4v) is 1.44. The molecular formula is C8H15NO6. The van der Waals surface area contributed by atoms with Gasteiger partial charge < -0.3 is 30.9 Å². The van der Waals surface area contributed by atoms with Crippen molar-refractivity contribution < 1.29 is 31.3 Å². The zero-order valence-corrected chi connectivity index (χ0v) is 7.91. The third-order valence-electron chi connectivity index (χ3n) is 2.46. The van der Waals surface area contributed by atoms with Crippen LogP contribution < -0.4 is 5.73 Å². The molecule has 0 saturated carbocycles. The summed E-state index contributed by atoms with van der Waals surface area (Å²) in [4.78, 5) is 11.3. The molecule has 7 heteroatoms. The smallest absolute Gasteiger partial charge is 0.244 e. The molecule has 1 unspecified atom stereocenters. The van der Waals surface area contributed by atoms with Crippen molar-refractivity contribution in [2.45, 2.75) is 37.0 Å². The van der Waals surface area contributed by atoms with Crippen molar-refractivity contribution in [1.82, 2.24) is 0 Å². The van der Waals surface area contributed by atoms with Gasteiger partial charge in [-0.1, -0.05) is 0 Å². The molecule has 1 rings (SSSR count). The highest BCUT2D eigenvalue weighted by Gasteiger charge is 2.54. The van der Waals surface area contributed by atoms with E-state index in [2.05, 4.69) is 0 Å². The fourth-order valence-electron chi connectivity index (χ4n) is 1.44. The summed E-state index contributed by atoms with van der Waals surface area (Å²) in [6.07, 6.45) is -4.44. The molecule has 0 aromatic rings. The number of nitrogens with two attached hydrogens (primary N) is 1. The summed E-state index contributed by atoms with van der Waals surface area (Å²) in [5.41, 5.74) is 5.37. The van der Waals surface area contributed by atoms with Gasteiger partial charge in [0.25, 0.3) is 0 Å². The average Bonchev–Trinajstić information content (AvgIpc) is 2.30. The predicted molar refractivity (Wildman–Crippen MR) is 47.6 cm³/mol. The van der Waals surface area contributed by atoms with Gasteiger partial charge in [-0.25, -0.2) is 0 Å². The second-order valence-electron chi connectivity index (χ2n) is 3.47. The SMILES string of the molecule is [2H]CC(=O)C1(O)O[C@H](CO)[C@@H](O)[C@H](O)[C@@H]1N. The lowest BCUT2D eigenvalue weighted by Gasteiger charge is -2.44. The van der Waals surface area contributed by atoms with Gasteiger partial charge in [-0.15, -0.1) is 0 Å². The Labute approximate surface area is 87.5 Å². The van der Waals surface area contributed by atoms with Gasteiger partial charge in [0.2, 0.25) is 5.79 Å². The van der Waals surface area contributed by atoms with Gasteiger partial charge in [-0.05, 0) is 0 Å². The van der Waals surface area contributed by atoms with Gasteiger partial charge in [0.05, 0.1) is 12.6 Å². The summed E-state index contributed by atoms with van der Waals surface area (Å²) in [5, 5.41) is 37.5. The van der Waals surface area contributed by atoms with Gasteiger partial charge in [0.1, 0.15) is 18.3 Å². The van der Waals surface area contributed by atoms with E-state index in [0.717, 1.165) is 0 Å². The summed E-state index contributed by atoms with van der Waals surface area (Å²) in [7, 11) is 0. The highest BCUT2D eigenvalue weighted by atomic mass is 16.7. The summed E-state index contributed by atoms with van der Waals surface area (Å²) in [6.45, 7) is -1.48. The number of aliphatic hydroxyl groups excluding tert-OH is 3. The maximum atomic E-state index is 11.3. The molecule has 15 heavy (non-hydrogen) atoms. The molecule has 1 aliphatic rings. The molecule has 0 bridgehead atoms. The molecule has 0 aromatic carbocycles. The second-order valence-corrected chi connectivity index (χ2v) is 3.47. The Bertz CT molecular complexity index is 275. The van der Waals surface area contributed by atoms with Gasteiger partial charge in [-0.3, -0.25) is 4.79 Å². The Balaban J connectivity index is 2.98. The number of hydrogen-bond acceptors (Lipinski definition) is 7. The van der Waals surface area contributed by atoms with Crippen molar-refractivity contribution in [3.05, 3.63) is 0 Å². The number of carbonyl (C=O) groups excluding carboxylic acids is 1. The lowest BCUT2D eigenvalue weighted by Crippen LogP contribution is -2.70. The first kappa shape index (κ1) is 10.9. The summed E-state index contributed by atoms with van der Waals surface area (Å²) >= 11 is 0. The minimum Gasteiger partial charge on any atom is -0.394 e. The molecule has 6 N–H and O–H groups in total. The molecule has 5 atom stereocenters. The highest BCUT2D eigenvalue weighted by Crippen LogP contribution is 2.27. The normalized spacial score (nSPS) is 47.4. The molecule has 1 heterocycles. The van der Waals surface area contributed by atoms with E-state index in [9.17, 15) is 20.1 Å². The van der Waals surface area contributed by atoms with Crippen LogP contribution >= 0.6 is 0 Å². The molecule has 0 spiro atoms. The van der Waals surface area contributed by atoms with Gasteiger partial charge in [0, 0.05) is 8.27 Å². The van der Waals surface area contributed by atoms with Crippen LogP contribution in [0.3, 0.4) is 0 Å². The van der Waals surface area contributed by atoms with Crippen molar-refractivity contribution in [3.8, 4) is 0 Å². The van der Waals surface area contributed by atoms with Crippen molar-refractivity contribution in [3.63, 3.8) is 0 Å². The summed E-state index contributed by atoms with van der Waals surface area (Å²) in [5.74, 6) is -3.59. The van der Waals surface area contributed by atoms with Crippen LogP contribution in [0.2, 0.25) is 0 Å². The van der Waals surface area contributed by atoms with Gasteiger partial charge >= 0.3 is 0 Å². The first-order valence-corrected chi connectivity index (χ1v) is 4.33. The van der Waals surface area contributed by atoms with Gasteiger partial charge in [-0.2, -0.15) is 0 Å². The molecule has 0 aromatic heterocycles. The highest BCUT2D eigenvalue weighted by molar-refractivity contribution is 5.84. The van der Waals surface area contributed by atoms with E-state index in [-0.39, 0.29) is 0 Å². The zero-order chi connectivity index (χ0) is 12.5. The molecule has 0 amide bonds. The number of hydrogen-bond donors (Lipinski definition) is 5. The van der Waals surface area contributed by atoms with Crippen LogP contribution in [-0.2, 0) is 9.53 Å². The predicted octanol–water partition coefficient (Wildman–Crippen LogP) is -3.30. The topological polar surface area (TPSA) is 133 Å². The lowest BCUT2D eigenvalue weighted by molar-refractivity contribution is -0.296. The van der Waals surface area contributed by atoms with Crippen molar-refractivity contribution in [1.29, 1.82) is 0 Å². The number of aliphatic hydroxyl groups is 4. The first-order valence-electron chi connectivity index (χ1n) is 5.04. The number of Topliss-reactive ketones (excluding diaryl/α,β-unsaturated/α-hetero) is 1. The maximum Gasteiger partial charge on any atom is 0.244 e. The molecule has 7 nitrogen and oxygen atoms in total. The Kier molecular flexibility index (Phi) is 3.01.